The number of nitrogens with one attached hydrogen (secondary N) is 1. The first-order chi connectivity index (χ1) is 19.8. The lowest BCUT2D eigenvalue weighted by Crippen LogP contribution is -2.28. The fourth-order valence-electron chi connectivity index (χ4n) is 3.88. The number of carbonyl (C=O) groups is 2. The van der Waals surface area contributed by atoms with Gasteiger partial charge in [-0.2, -0.15) is 5.10 Å². The molecule has 0 aliphatic heterocycles. The maximum Gasteiger partial charge on any atom is 0.573 e. The number of benzene rings is 2. The highest BCUT2D eigenvalue weighted by atomic mass is 19.4. The molecule has 4 rings (SSSR count). The standard InChI is InChI=1S/C26H23F4N5O4/c1-4-35-21-10-14(5-7-17(21)22(34-35)23(31)36)15-9-19(25(38-3)32-12-15)24(37)33-13(2)18-11-16(6-8-20(18)27)39-26(28,29)30/h5-13H,4H2,1-3H3,(H2,31,36)(H,33,37)/t13-/m0/s1/i2D,3D,4D/t4?,13-. The molecule has 2 aromatic carbocycles. The molecule has 2 aromatic heterocycles. The fraction of sp³-hybridized carbons (Fsp3) is 0.231. The van der Waals surface area contributed by atoms with E-state index in [2.05, 4.69) is 20.1 Å². The van der Waals surface area contributed by atoms with Gasteiger partial charge in [0, 0.05) is 30.6 Å². The van der Waals surface area contributed by atoms with Crippen molar-refractivity contribution in [3.63, 3.8) is 0 Å². The fourth-order valence-corrected chi connectivity index (χ4v) is 3.88. The number of amides is 2. The molecule has 3 N–H and O–H groups in total. The molecule has 2 amide bonds. The molecule has 1 unspecified atom stereocenters. The molecule has 13 heteroatoms. The Balaban J connectivity index is 1.72. The molecule has 0 saturated heterocycles. The van der Waals surface area contributed by atoms with Crippen LogP contribution in [-0.2, 0) is 6.52 Å². The van der Waals surface area contributed by atoms with Crippen LogP contribution in [0, 0.1) is 5.82 Å². The van der Waals surface area contributed by atoms with Gasteiger partial charge < -0.3 is 20.5 Å². The molecule has 39 heavy (non-hydrogen) atoms. The molecule has 0 radical (unpaired) electrons. The maximum absolute atomic E-state index is 14.6. The minimum atomic E-state index is -5.04. The number of aromatic nitrogens is 3. The number of rotatable bonds is 8. The van der Waals surface area contributed by atoms with Crippen LogP contribution >= 0.6 is 0 Å². The molecule has 0 aliphatic rings. The Morgan fingerprint density at radius 3 is 2.67 bits per heavy atom. The molecule has 0 bridgehead atoms. The number of aryl methyl sites for hydroxylation is 1. The third-order valence-corrected chi connectivity index (χ3v) is 5.63. The van der Waals surface area contributed by atoms with E-state index >= 15 is 0 Å². The van der Waals surface area contributed by atoms with E-state index in [1.54, 1.807) is 18.2 Å². The average molecular weight is 549 g/mol. The zero-order chi connectivity index (χ0) is 30.8. The second-order valence-electron chi connectivity index (χ2n) is 8.13. The molecule has 0 fully saturated rings. The van der Waals surface area contributed by atoms with Crippen molar-refractivity contribution < 1.29 is 40.7 Å². The Kier molecular flexibility index (Phi) is 6.37. The van der Waals surface area contributed by atoms with Crippen molar-refractivity contribution in [1.29, 1.82) is 0 Å². The number of nitrogens with two attached hydrogens (primary N) is 1. The van der Waals surface area contributed by atoms with E-state index in [-0.39, 0.29) is 17.1 Å². The summed E-state index contributed by atoms with van der Waals surface area (Å²) in [5.74, 6) is -3.65. The van der Waals surface area contributed by atoms with Gasteiger partial charge in [-0.25, -0.2) is 9.37 Å². The number of pyridine rings is 1. The Morgan fingerprint density at radius 1 is 1.21 bits per heavy atom. The summed E-state index contributed by atoms with van der Waals surface area (Å²) in [6.07, 6.45) is -3.69. The normalized spacial score (nSPS) is 14.1. The molecule has 0 spiro atoms. The van der Waals surface area contributed by atoms with Crippen LogP contribution in [0.3, 0.4) is 0 Å². The number of methoxy groups -OCH3 is 1. The molecule has 0 saturated carbocycles. The second-order valence-corrected chi connectivity index (χ2v) is 8.13. The van der Waals surface area contributed by atoms with Gasteiger partial charge in [-0.3, -0.25) is 14.3 Å². The van der Waals surface area contributed by atoms with Gasteiger partial charge in [-0.15, -0.1) is 13.2 Å². The van der Waals surface area contributed by atoms with Crippen LogP contribution in [0.15, 0.2) is 48.7 Å². The molecule has 2 heterocycles. The number of primary amides is 1. The minimum Gasteiger partial charge on any atom is -0.480 e. The number of hydrogen-bond acceptors (Lipinski definition) is 6. The molecule has 204 valence electrons. The van der Waals surface area contributed by atoms with Gasteiger partial charge in [0.25, 0.3) is 11.8 Å². The van der Waals surface area contributed by atoms with E-state index in [1.807, 2.05) is 0 Å². The topological polar surface area (TPSA) is 121 Å². The average Bonchev–Trinajstić information content (AvgIpc) is 3.32. The highest BCUT2D eigenvalue weighted by Gasteiger charge is 2.31. The molecule has 4 aromatic rings. The molecular weight excluding hydrogens is 522 g/mol. The van der Waals surface area contributed by atoms with E-state index in [0.717, 1.165) is 18.2 Å². The maximum atomic E-state index is 14.6. The number of hydrogen-bond donors (Lipinski definition) is 2. The summed E-state index contributed by atoms with van der Waals surface area (Å²) in [7, 11) is -0.609. The molecule has 0 aliphatic carbocycles. The monoisotopic (exact) mass is 548 g/mol. The highest BCUT2D eigenvalue weighted by molar-refractivity contribution is 6.05. The quantitative estimate of drug-likeness (QED) is 0.307. The lowest BCUT2D eigenvalue weighted by atomic mass is 10.0. The third kappa shape index (κ3) is 5.76. The molecular formula is C26H23F4N5O4. The minimum absolute atomic E-state index is 0.0218. The van der Waals surface area contributed by atoms with E-state index in [9.17, 15) is 27.2 Å². The van der Waals surface area contributed by atoms with Crippen molar-refractivity contribution in [2.24, 2.45) is 5.73 Å². The van der Waals surface area contributed by atoms with Gasteiger partial charge >= 0.3 is 6.36 Å². The lowest BCUT2D eigenvalue weighted by molar-refractivity contribution is -0.274. The number of halogens is 4. The van der Waals surface area contributed by atoms with Crippen molar-refractivity contribution in [3.05, 3.63) is 71.3 Å². The van der Waals surface area contributed by atoms with Crippen molar-refractivity contribution in [1.82, 2.24) is 20.1 Å². The van der Waals surface area contributed by atoms with Crippen LogP contribution in [-0.4, -0.2) is 40.0 Å². The van der Waals surface area contributed by atoms with Gasteiger partial charge in [0.15, 0.2) is 5.69 Å². The first-order valence-corrected chi connectivity index (χ1v) is 11.1. The summed E-state index contributed by atoms with van der Waals surface area (Å²) >= 11 is 0. The van der Waals surface area contributed by atoms with Crippen LogP contribution in [0.4, 0.5) is 17.6 Å². The number of carbonyl (C=O) groups excluding carboxylic acids is 2. The Morgan fingerprint density at radius 2 is 2.00 bits per heavy atom. The predicted octanol–water partition coefficient (Wildman–Crippen LogP) is 4.75. The third-order valence-electron chi connectivity index (χ3n) is 5.63. The first kappa shape index (κ1) is 23.4. The summed E-state index contributed by atoms with van der Waals surface area (Å²) < 4.78 is 86.1. The Bertz CT molecular complexity index is 1650. The van der Waals surface area contributed by atoms with Gasteiger partial charge in [0.2, 0.25) is 5.88 Å². The predicted molar refractivity (Wildman–Crippen MR) is 133 cm³/mol. The van der Waals surface area contributed by atoms with Crippen molar-refractivity contribution in [3.8, 4) is 22.8 Å². The largest absolute Gasteiger partial charge is 0.573 e. The summed E-state index contributed by atoms with van der Waals surface area (Å²) in [6.45, 7) is 0.0242. The van der Waals surface area contributed by atoms with Crippen LogP contribution in [0.5, 0.6) is 11.6 Å². The van der Waals surface area contributed by atoms with Crippen LogP contribution in [0.25, 0.3) is 22.0 Å². The second kappa shape index (κ2) is 10.6. The van der Waals surface area contributed by atoms with E-state index in [4.69, 9.17) is 14.6 Å². The Hall–Kier alpha value is -4.68. The van der Waals surface area contributed by atoms with E-state index in [0.29, 0.717) is 22.0 Å². The van der Waals surface area contributed by atoms with Crippen molar-refractivity contribution in [2.75, 3.05) is 7.09 Å². The number of nitrogens with zero attached hydrogens (tertiary/aromatic N) is 3. The number of fused-ring (bicyclic) bond motifs is 1. The zero-order valence-electron chi connectivity index (χ0n) is 23.3. The summed E-state index contributed by atoms with van der Waals surface area (Å²) in [5.41, 5.74) is 6.04. The number of ether oxygens (including phenoxy) is 2. The van der Waals surface area contributed by atoms with Gasteiger partial charge in [0.05, 0.1) is 21.4 Å². The van der Waals surface area contributed by atoms with Gasteiger partial charge in [-0.05, 0) is 55.8 Å². The van der Waals surface area contributed by atoms with E-state index in [1.165, 1.54) is 23.9 Å². The van der Waals surface area contributed by atoms with Gasteiger partial charge in [-0.1, -0.05) is 6.07 Å². The van der Waals surface area contributed by atoms with Crippen molar-refractivity contribution >= 4 is 22.7 Å². The van der Waals surface area contributed by atoms with Crippen molar-refractivity contribution in [2.45, 2.75) is 32.7 Å². The molecule has 9 nitrogen and oxygen atoms in total. The van der Waals surface area contributed by atoms with Gasteiger partial charge in [0.1, 0.15) is 17.1 Å². The summed E-state index contributed by atoms with van der Waals surface area (Å²) in [4.78, 5) is 29.3. The number of alkyl halides is 3. The smallest absolute Gasteiger partial charge is 0.480 e. The van der Waals surface area contributed by atoms with Crippen LogP contribution < -0.4 is 20.5 Å². The van der Waals surface area contributed by atoms with Crippen LogP contribution in [0.2, 0.25) is 0 Å². The lowest BCUT2D eigenvalue weighted by Gasteiger charge is -2.18. The first-order valence-electron chi connectivity index (χ1n) is 13.1. The summed E-state index contributed by atoms with van der Waals surface area (Å²) in [5, 5.41) is 6.93. The summed E-state index contributed by atoms with van der Waals surface area (Å²) in [6, 6.07) is 6.98. The highest BCUT2D eigenvalue weighted by Crippen LogP contribution is 2.30. The zero-order valence-corrected chi connectivity index (χ0v) is 20.3. The SMILES string of the molecule is [2H]COc1ncc(-c2ccc3c(C(N)=O)nn(C([2H])C)c3c2)cc1C(=O)N[C@@H](C[2H])c1cc(OC(F)(F)F)ccc1F. The van der Waals surface area contributed by atoms with E-state index < -0.39 is 61.9 Å². The molecule has 2 atom stereocenters. The Labute approximate surface area is 223 Å². The van der Waals surface area contributed by atoms with Crippen LogP contribution in [0.1, 0.15) is 50.4 Å².